The number of hydrogen-bond donors (Lipinski definition) is 2. The van der Waals surface area contributed by atoms with E-state index >= 15 is 0 Å². The first-order valence-corrected chi connectivity index (χ1v) is 7.62. The lowest BCUT2D eigenvalue weighted by molar-refractivity contribution is 0.0698. The van der Waals surface area contributed by atoms with Gasteiger partial charge < -0.3 is 10.4 Å². The van der Waals surface area contributed by atoms with Crippen LogP contribution in [0.4, 0.5) is 5.00 Å². The van der Waals surface area contributed by atoms with E-state index in [4.69, 9.17) is 28.3 Å². The lowest BCUT2D eigenvalue weighted by Crippen LogP contribution is -2.13. The van der Waals surface area contributed by atoms with Crippen LogP contribution in [0.3, 0.4) is 0 Å². The molecule has 0 aliphatic heterocycles. The van der Waals surface area contributed by atoms with Crippen LogP contribution in [0.5, 0.6) is 0 Å². The molecule has 2 aromatic rings. The maximum absolute atomic E-state index is 12.2. The molecular formula is C14H11Cl2NO3S. The fraction of sp³-hybridized carbons (Fsp3) is 0.143. The third kappa shape index (κ3) is 3.56. The normalized spacial score (nSPS) is 10.4. The standard InChI is InChI=1S/C14H11Cl2NO3S/c1-2-8-6-10(14(19)20)13(21-8)17-12(18)9-5-7(15)3-4-11(9)16/h3-6H,2H2,1H3,(H,17,18)(H,19,20). The van der Waals surface area contributed by atoms with E-state index in [2.05, 4.69) is 5.32 Å². The van der Waals surface area contributed by atoms with E-state index < -0.39 is 11.9 Å². The molecular weight excluding hydrogens is 333 g/mol. The largest absolute Gasteiger partial charge is 0.478 e. The fourth-order valence-corrected chi connectivity index (χ4v) is 3.07. The second kappa shape index (κ2) is 6.47. The predicted molar refractivity (Wildman–Crippen MR) is 85.1 cm³/mol. The molecule has 1 aromatic carbocycles. The van der Waals surface area contributed by atoms with Crippen LogP contribution >= 0.6 is 34.5 Å². The summed E-state index contributed by atoms with van der Waals surface area (Å²) in [4.78, 5) is 24.3. The number of nitrogens with one attached hydrogen (secondary N) is 1. The number of amides is 1. The molecule has 0 spiro atoms. The summed E-state index contributed by atoms with van der Waals surface area (Å²) in [5.41, 5.74) is 0.273. The molecule has 4 nitrogen and oxygen atoms in total. The average molecular weight is 344 g/mol. The molecule has 2 N–H and O–H groups in total. The molecule has 0 bridgehead atoms. The molecule has 7 heteroatoms. The van der Waals surface area contributed by atoms with Gasteiger partial charge in [0.05, 0.1) is 16.1 Å². The first-order chi connectivity index (χ1) is 9.92. The maximum Gasteiger partial charge on any atom is 0.338 e. The minimum atomic E-state index is -1.08. The van der Waals surface area contributed by atoms with Gasteiger partial charge >= 0.3 is 5.97 Å². The van der Waals surface area contributed by atoms with Gasteiger partial charge in [-0.15, -0.1) is 11.3 Å². The molecule has 1 heterocycles. The number of halogens is 2. The zero-order valence-corrected chi connectivity index (χ0v) is 13.3. The lowest BCUT2D eigenvalue weighted by atomic mass is 10.2. The molecule has 21 heavy (non-hydrogen) atoms. The molecule has 2 rings (SSSR count). The number of carboxylic acids is 1. The molecule has 0 atom stereocenters. The monoisotopic (exact) mass is 343 g/mol. The fourth-order valence-electron chi connectivity index (χ4n) is 1.71. The molecule has 0 saturated carbocycles. The van der Waals surface area contributed by atoms with Gasteiger partial charge in [-0.3, -0.25) is 4.79 Å². The SMILES string of the molecule is CCc1cc(C(=O)O)c(NC(=O)c2cc(Cl)ccc2Cl)s1. The van der Waals surface area contributed by atoms with Gasteiger partial charge in [0.15, 0.2) is 0 Å². The van der Waals surface area contributed by atoms with Crippen molar-refractivity contribution in [3.8, 4) is 0 Å². The second-order valence-corrected chi connectivity index (χ2v) is 6.17. The lowest BCUT2D eigenvalue weighted by Gasteiger charge is -2.06. The molecule has 0 unspecified atom stereocenters. The van der Waals surface area contributed by atoms with Crippen molar-refractivity contribution in [3.63, 3.8) is 0 Å². The van der Waals surface area contributed by atoms with Gasteiger partial charge in [0.25, 0.3) is 5.91 Å². The van der Waals surface area contributed by atoms with Crippen LogP contribution in [0.1, 0.15) is 32.5 Å². The van der Waals surface area contributed by atoms with Crippen molar-refractivity contribution in [2.24, 2.45) is 0 Å². The Hall–Kier alpha value is -1.56. The number of hydrogen-bond acceptors (Lipinski definition) is 3. The molecule has 110 valence electrons. The summed E-state index contributed by atoms with van der Waals surface area (Å²) in [5.74, 6) is -1.58. The van der Waals surface area contributed by atoms with E-state index in [1.165, 1.54) is 23.5 Å². The highest BCUT2D eigenvalue weighted by molar-refractivity contribution is 7.16. The van der Waals surface area contributed by atoms with Crippen molar-refractivity contribution in [1.29, 1.82) is 0 Å². The minimum Gasteiger partial charge on any atom is -0.478 e. The molecule has 1 amide bonds. The third-order valence-corrected chi connectivity index (χ3v) is 4.52. The maximum atomic E-state index is 12.2. The Morgan fingerprint density at radius 3 is 2.57 bits per heavy atom. The number of benzene rings is 1. The Morgan fingerprint density at radius 2 is 1.95 bits per heavy atom. The van der Waals surface area contributed by atoms with E-state index in [0.717, 1.165) is 4.88 Å². The zero-order chi connectivity index (χ0) is 15.6. The number of carbonyl (C=O) groups is 2. The number of rotatable bonds is 4. The average Bonchev–Trinajstić information content (AvgIpc) is 2.84. The molecule has 0 fully saturated rings. The molecule has 0 saturated heterocycles. The van der Waals surface area contributed by atoms with Gasteiger partial charge in [-0.1, -0.05) is 30.1 Å². The summed E-state index contributed by atoms with van der Waals surface area (Å²) in [7, 11) is 0. The quantitative estimate of drug-likeness (QED) is 0.854. The van der Waals surface area contributed by atoms with Gasteiger partial charge in [-0.2, -0.15) is 0 Å². The van der Waals surface area contributed by atoms with E-state index in [-0.39, 0.29) is 16.1 Å². The number of thiophene rings is 1. The van der Waals surface area contributed by atoms with Crippen LogP contribution in [0, 0.1) is 0 Å². The highest BCUT2D eigenvalue weighted by Crippen LogP contribution is 2.30. The van der Waals surface area contributed by atoms with Gasteiger partial charge in [0, 0.05) is 9.90 Å². The molecule has 0 aliphatic carbocycles. The zero-order valence-electron chi connectivity index (χ0n) is 10.9. The molecule has 0 radical (unpaired) electrons. The summed E-state index contributed by atoms with van der Waals surface area (Å²) < 4.78 is 0. The van der Waals surface area contributed by atoms with Gasteiger partial charge in [0.2, 0.25) is 0 Å². The van der Waals surface area contributed by atoms with Crippen LogP contribution in [0.25, 0.3) is 0 Å². The van der Waals surface area contributed by atoms with E-state index in [1.54, 1.807) is 12.1 Å². The second-order valence-electron chi connectivity index (χ2n) is 4.19. The Kier molecular flexibility index (Phi) is 4.88. The van der Waals surface area contributed by atoms with Gasteiger partial charge in [-0.25, -0.2) is 4.79 Å². The number of anilines is 1. The Bertz CT molecular complexity index is 712. The summed E-state index contributed by atoms with van der Waals surface area (Å²) in [6.07, 6.45) is 0.693. The van der Waals surface area contributed by atoms with Crippen LogP contribution < -0.4 is 5.32 Å². The molecule has 0 aliphatic rings. The van der Waals surface area contributed by atoms with Crippen molar-refractivity contribution in [2.75, 3.05) is 5.32 Å². The van der Waals surface area contributed by atoms with Crippen LogP contribution in [-0.4, -0.2) is 17.0 Å². The van der Waals surface area contributed by atoms with Crippen molar-refractivity contribution >= 4 is 51.4 Å². The number of carboxylic acid groups (broad SMARTS) is 1. The van der Waals surface area contributed by atoms with Crippen LogP contribution in [0.15, 0.2) is 24.3 Å². The molecule has 1 aromatic heterocycles. The Morgan fingerprint density at radius 1 is 1.24 bits per heavy atom. The van der Waals surface area contributed by atoms with Gasteiger partial charge in [0.1, 0.15) is 5.00 Å². The van der Waals surface area contributed by atoms with Crippen LogP contribution in [-0.2, 0) is 6.42 Å². The highest BCUT2D eigenvalue weighted by atomic mass is 35.5. The van der Waals surface area contributed by atoms with Crippen molar-refractivity contribution in [2.45, 2.75) is 13.3 Å². The predicted octanol–water partition coefficient (Wildman–Crippen LogP) is 4.57. The summed E-state index contributed by atoms with van der Waals surface area (Å²) in [5, 5.41) is 12.7. The first kappa shape index (κ1) is 15.8. The Labute approximate surface area is 135 Å². The van der Waals surface area contributed by atoms with Crippen molar-refractivity contribution in [1.82, 2.24) is 0 Å². The number of aryl methyl sites for hydroxylation is 1. The topological polar surface area (TPSA) is 66.4 Å². The highest BCUT2D eigenvalue weighted by Gasteiger charge is 2.19. The van der Waals surface area contributed by atoms with E-state index in [9.17, 15) is 9.59 Å². The van der Waals surface area contributed by atoms with E-state index in [1.807, 2.05) is 6.92 Å². The third-order valence-electron chi connectivity index (χ3n) is 2.76. The number of carbonyl (C=O) groups excluding carboxylic acids is 1. The van der Waals surface area contributed by atoms with Crippen molar-refractivity contribution in [3.05, 3.63) is 50.3 Å². The van der Waals surface area contributed by atoms with E-state index in [0.29, 0.717) is 16.4 Å². The van der Waals surface area contributed by atoms with Crippen molar-refractivity contribution < 1.29 is 14.7 Å². The smallest absolute Gasteiger partial charge is 0.338 e. The summed E-state index contributed by atoms with van der Waals surface area (Å²) in [6.45, 7) is 1.91. The first-order valence-electron chi connectivity index (χ1n) is 6.04. The van der Waals surface area contributed by atoms with Crippen LogP contribution in [0.2, 0.25) is 10.0 Å². The summed E-state index contributed by atoms with van der Waals surface area (Å²) in [6, 6.07) is 6.09. The summed E-state index contributed by atoms with van der Waals surface area (Å²) >= 11 is 13.0. The minimum absolute atomic E-state index is 0.0725. The number of aromatic carboxylic acids is 1. The van der Waals surface area contributed by atoms with Gasteiger partial charge in [-0.05, 0) is 30.7 Å². The Balaban J connectivity index is 2.33.